The molecule has 3 unspecified atom stereocenters. The van der Waals surface area contributed by atoms with Gasteiger partial charge in [-0.05, 0) is 19.8 Å². The average molecular weight is 326 g/mol. The minimum absolute atomic E-state index is 0.260. The second-order valence-electron chi connectivity index (χ2n) is 6.66. The van der Waals surface area contributed by atoms with Gasteiger partial charge in [0.2, 0.25) is 0 Å². The molecule has 1 aliphatic rings. The molecule has 0 amide bonds. The highest BCUT2D eigenvalue weighted by molar-refractivity contribution is 5.85. The van der Waals surface area contributed by atoms with Gasteiger partial charge in [-0.1, -0.05) is 65.2 Å². The summed E-state index contributed by atoms with van der Waals surface area (Å²) in [6, 6.07) is 0. The van der Waals surface area contributed by atoms with Gasteiger partial charge in [-0.2, -0.15) is 0 Å². The number of carbonyl (C=O) groups is 2. The summed E-state index contributed by atoms with van der Waals surface area (Å²) >= 11 is 0. The Bertz CT molecular complexity index is 353. The lowest BCUT2D eigenvalue weighted by Gasteiger charge is -2.17. The fraction of sp³-hybridized carbons (Fsp3) is 0.895. The van der Waals surface area contributed by atoms with Crippen LogP contribution in [0.5, 0.6) is 0 Å². The van der Waals surface area contributed by atoms with E-state index in [-0.39, 0.29) is 24.0 Å². The largest absolute Gasteiger partial charge is 0.466 e. The first-order valence-corrected chi connectivity index (χ1v) is 9.48. The van der Waals surface area contributed by atoms with E-state index in [1.165, 1.54) is 44.9 Å². The number of unbranched alkanes of at least 4 members (excludes halogenated alkanes) is 8. The Morgan fingerprint density at radius 1 is 1.00 bits per heavy atom. The summed E-state index contributed by atoms with van der Waals surface area (Å²) in [4.78, 5) is 23.8. The quantitative estimate of drug-likeness (QED) is 0.387. The Morgan fingerprint density at radius 2 is 1.57 bits per heavy atom. The predicted octanol–water partition coefficient (Wildman–Crippen LogP) is 4.65. The average Bonchev–Trinajstić information content (AvgIpc) is 2.80. The Kier molecular flexibility index (Phi) is 9.97. The van der Waals surface area contributed by atoms with Gasteiger partial charge in [0, 0.05) is 0 Å². The van der Waals surface area contributed by atoms with E-state index in [4.69, 9.17) is 9.47 Å². The summed E-state index contributed by atoms with van der Waals surface area (Å²) in [7, 11) is 0. The first kappa shape index (κ1) is 20.0. The number of carbonyl (C=O) groups excluding carboxylic acids is 2. The molecular formula is C19H34O4. The van der Waals surface area contributed by atoms with Crippen LogP contribution in [0.2, 0.25) is 0 Å². The van der Waals surface area contributed by atoms with Gasteiger partial charge in [-0.25, -0.2) is 0 Å². The lowest BCUT2D eigenvalue weighted by atomic mass is 9.89. The van der Waals surface area contributed by atoms with Crippen molar-refractivity contribution in [2.75, 3.05) is 6.61 Å². The fourth-order valence-corrected chi connectivity index (χ4v) is 3.29. The summed E-state index contributed by atoms with van der Waals surface area (Å²) in [5.41, 5.74) is 0. The van der Waals surface area contributed by atoms with Gasteiger partial charge < -0.3 is 9.47 Å². The summed E-state index contributed by atoms with van der Waals surface area (Å²) in [5.74, 6) is -1.34. The smallest absolute Gasteiger partial charge is 0.313 e. The van der Waals surface area contributed by atoms with Crippen molar-refractivity contribution in [2.45, 2.75) is 91.1 Å². The molecule has 1 saturated heterocycles. The maximum Gasteiger partial charge on any atom is 0.313 e. The van der Waals surface area contributed by atoms with Crippen LogP contribution in [0.25, 0.3) is 0 Å². The summed E-state index contributed by atoms with van der Waals surface area (Å²) in [5, 5.41) is 0. The van der Waals surface area contributed by atoms with Gasteiger partial charge in [-0.15, -0.1) is 0 Å². The number of rotatable bonds is 12. The molecule has 3 atom stereocenters. The first-order chi connectivity index (χ1) is 11.1. The van der Waals surface area contributed by atoms with E-state index in [9.17, 15) is 9.59 Å². The summed E-state index contributed by atoms with van der Waals surface area (Å²) in [6.07, 6.45) is 11.8. The van der Waals surface area contributed by atoms with E-state index in [0.717, 1.165) is 19.3 Å². The zero-order valence-electron chi connectivity index (χ0n) is 15.1. The number of hydrogen-bond donors (Lipinski definition) is 0. The molecule has 23 heavy (non-hydrogen) atoms. The van der Waals surface area contributed by atoms with Gasteiger partial charge in [0.05, 0.1) is 12.5 Å². The summed E-state index contributed by atoms with van der Waals surface area (Å²) < 4.78 is 10.5. The van der Waals surface area contributed by atoms with Gasteiger partial charge in [0.15, 0.2) is 0 Å². The van der Waals surface area contributed by atoms with Crippen LogP contribution in [0.1, 0.15) is 85.0 Å². The van der Waals surface area contributed by atoms with Gasteiger partial charge in [-0.3, -0.25) is 9.59 Å². The molecule has 4 heteroatoms. The van der Waals surface area contributed by atoms with E-state index in [2.05, 4.69) is 6.92 Å². The molecule has 0 saturated carbocycles. The molecule has 1 heterocycles. The molecule has 0 radical (unpaired) electrons. The van der Waals surface area contributed by atoms with E-state index in [1.807, 2.05) is 0 Å². The van der Waals surface area contributed by atoms with Crippen molar-refractivity contribution in [2.24, 2.45) is 11.8 Å². The maximum atomic E-state index is 12.0. The Morgan fingerprint density at radius 3 is 2.13 bits per heavy atom. The normalized spacial score (nSPS) is 23.8. The summed E-state index contributed by atoms with van der Waals surface area (Å²) in [6.45, 7) is 6.14. The zero-order valence-corrected chi connectivity index (χ0v) is 15.1. The molecule has 1 rings (SSSR count). The van der Waals surface area contributed by atoms with Gasteiger partial charge >= 0.3 is 11.9 Å². The van der Waals surface area contributed by atoms with Crippen molar-refractivity contribution >= 4 is 11.9 Å². The molecule has 1 fully saturated rings. The number of cyclic esters (lactones) is 1. The molecule has 0 bridgehead atoms. The molecule has 0 spiro atoms. The van der Waals surface area contributed by atoms with E-state index < -0.39 is 5.92 Å². The van der Waals surface area contributed by atoms with Gasteiger partial charge in [0.25, 0.3) is 0 Å². The third kappa shape index (κ3) is 6.92. The fourth-order valence-electron chi connectivity index (χ4n) is 3.29. The van der Waals surface area contributed by atoms with Crippen LogP contribution in [0, 0.1) is 11.8 Å². The topological polar surface area (TPSA) is 52.6 Å². The Balaban J connectivity index is 2.19. The van der Waals surface area contributed by atoms with Crippen molar-refractivity contribution < 1.29 is 19.1 Å². The SMILES string of the molecule is CCCCCCCCCCCC1OC(=O)C(C)C1C(=O)OCC. The van der Waals surface area contributed by atoms with Crippen molar-refractivity contribution in [3.63, 3.8) is 0 Å². The number of hydrogen-bond acceptors (Lipinski definition) is 4. The molecule has 0 aliphatic carbocycles. The van der Waals surface area contributed by atoms with Crippen LogP contribution in [-0.2, 0) is 19.1 Å². The van der Waals surface area contributed by atoms with E-state index in [0.29, 0.717) is 6.61 Å². The minimum Gasteiger partial charge on any atom is -0.466 e. The van der Waals surface area contributed by atoms with Crippen molar-refractivity contribution in [1.82, 2.24) is 0 Å². The second kappa shape index (κ2) is 11.5. The third-order valence-corrected chi connectivity index (χ3v) is 4.73. The van der Waals surface area contributed by atoms with E-state index >= 15 is 0 Å². The number of esters is 2. The standard InChI is InChI=1S/C19H34O4/c1-4-6-7-8-9-10-11-12-13-14-16-17(19(21)22-5-2)15(3)18(20)23-16/h15-17H,4-14H2,1-3H3. The second-order valence-corrected chi connectivity index (χ2v) is 6.66. The lowest BCUT2D eigenvalue weighted by molar-refractivity contribution is -0.151. The molecule has 1 aliphatic heterocycles. The highest BCUT2D eigenvalue weighted by Crippen LogP contribution is 2.32. The van der Waals surface area contributed by atoms with Crippen LogP contribution >= 0.6 is 0 Å². The van der Waals surface area contributed by atoms with Gasteiger partial charge in [0.1, 0.15) is 12.0 Å². The predicted molar refractivity (Wildman–Crippen MR) is 91.0 cm³/mol. The van der Waals surface area contributed by atoms with Crippen molar-refractivity contribution in [1.29, 1.82) is 0 Å². The van der Waals surface area contributed by atoms with Crippen LogP contribution < -0.4 is 0 Å². The maximum absolute atomic E-state index is 12.0. The van der Waals surface area contributed by atoms with E-state index in [1.54, 1.807) is 13.8 Å². The molecule has 134 valence electrons. The molecule has 0 aromatic rings. The minimum atomic E-state index is -0.420. The lowest BCUT2D eigenvalue weighted by Crippen LogP contribution is -2.30. The number of ether oxygens (including phenoxy) is 2. The Hall–Kier alpha value is -1.06. The van der Waals surface area contributed by atoms with Crippen molar-refractivity contribution in [3.8, 4) is 0 Å². The molecular weight excluding hydrogens is 292 g/mol. The molecule has 0 aromatic carbocycles. The third-order valence-electron chi connectivity index (χ3n) is 4.73. The van der Waals surface area contributed by atoms with Crippen LogP contribution in [0.4, 0.5) is 0 Å². The molecule has 4 nitrogen and oxygen atoms in total. The highest BCUT2D eigenvalue weighted by Gasteiger charge is 2.46. The molecule has 0 aromatic heterocycles. The Labute approximate surface area is 141 Å². The van der Waals surface area contributed by atoms with Crippen LogP contribution in [0.15, 0.2) is 0 Å². The van der Waals surface area contributed by atoms with Crippen LogP contribution in [-0.4, -0.2) is 24.6 Å². The molecule has 0 N–H and O–H groups in total. The van der Waals surface area contributed by atoms with Crippen molar-refractivity contribution in [3.05, 3.63) is 0 Å². The monoisotopic (exact) mass is 326 g/mol. The zero-order chi connectivity index (χ0) is 17.1. The van der Waals surface area contributed by atoms with Crippen LogP contribution in [0.3, 0.4) is 0 Å². The highest BCUT2D eigenvalue weighted by atomic mass is 16.6. The first-order valence-electron chi connectivity index (χ1n) is 9.48.